The van der Waals surface area contributed by atoms with Crippen molar-refractivity contribution >= 4 is 0 Å². The number of ether oxygens (including phenoxy) is 1. The van der Waals surface area contributed by atoms with Gasteiger partial charge in [-0.15, -0.1) is 0 Å². The van der Waals surface area contributed by atoms with Gasteiger partial charge >= 0.3 is 0 Å². The first-order chi connectivity index (χ1) is 7.52. The monoisotopic (exact) mass is 220 g/mol. The Labute approximate surface area is 98.9 Å². The molecule has 4 aliphatic rings. The second kappa shape index (κ2) is 2.53. The fourth-order valence-corrected chi connectivity index (χ4v) is 6.19. The molecule has 1 heterocycles. The largest absolute Gasteiger partial charge is 0.369 e. The second-order valence-electron chi connectivity index (χ2n) is 7.68. The van der Waals surface area contributed by atoms with Crippen LogP contribution in [-0.2, 0) is 4.74 Å². The lowest BCUT2D eigenvalue weighted by Gasteiger charge is -2.39. The molecule has 4 rings (SSSR count). The van der Waals surface area contributed by atoms with E-state index in [2.05, 4.69) is 20.8 Å². The first-order valence-electron chi connectivity index (χ1n) is 7.16. The standard InChI is InChI=1S/C15H24O/c1-10-4-6-14-8-11(10)13(2,3)12(14)5-7-15(14)9-16-15/h10-12H,4-9H2,1-3H3/t10-,11-,12+,14+,15?/m1/s1. The predicted octanol–water partition coefficient (Wildman–Crippen LogP) is 3.63. The Morgan fingerprint density at radius 2 is 1.88 bits per heavy atom. The lowest BCUT2D eigenvalue weighted by molar-refractivity contribution is 0.0621. The van der Waals surface area contributed by atoms with Crippen LogP contribution in [-0.4, -0.2) is 12.2 Å². The second-order valence-corrected chi connectivity index (χ2v) is 7.68. The van der Waals surface area contributed by atoms with Crippen molar-refractivity contribution in [2.24, 2.45) is 28.6 Å². The van der Waals surface area contributed by atoms with Gasteiger partial charge in [-0.2, -0.15) is 0 Å². The number of hydrogen-bond acceptors (Lipinski definition) is 1. The summed E-state index contributed by atoms with van der Waals surface area (Å²) in [5, 5.41) is 0. The molecule has 5 atom stereocenters. The van der Waals surface area contributed by atoms with Gasteiger partial charge in [0.15, 0.2) is 0 Å². The maximum absolute atomic E-state index is 5.98. The topological polar surface area (TPSA) is 12.5 Å². The molecule has 2 spiro atoms. The Hall–Kier alpha value is -0.0400. The lowest BCUT2D eigenvalue weighted by atomic mass is 9.65. The van der Waals surface area contributed by atoms with E-state index in [4.69, 9.17) is 4.74 Å². The highest BCUT2D eigenvalue weighted by Crippen LogP contribution is 2.76. The van der Waals surface area contributed by atoms with Crippen LogP contribution >= 0.6 is 0 Å². The van der Waals surface area contributed by atoms with Gasteiger partial charge in [0.2, 0.25) is 0 Å². The maximum Gasteiger partial charge on any atom is 0.0975 e. The Kier molecular flexibility index (Phi) is 1.57. The van der Waals surface area contributed by atoms with Crippen LogP contribution < -0.4 is 0 Å². The molecular weight excluding hydrogens is 196 g/mol. The molecule has 0 N–H and O–H groups in total. The molecule has 1 saturated heterocycles. The van der Waals surface area contributed by atoms with E-state index >= 15 is 0 Å². The van der Waals surface area contributed by atoms with Crippen molar-refractivity contribution in [3.8, 4) is 0 Å². The van der Waals surface area contributed by atoms with Crippen molar-refractivity contribution in [1.82, 2.24) is 0 Å². The molecule has 16 heavy (non-hydrogen) atoms. The zero-order valence-electron chi connectivity index (χ0n) is 10.9. The van der Waals surface area contributed by atoms with E-state index in [-0.39, 0.29) is 0 Å². The highest BCUT2D eigenvalue weighted by atomic mass is 16.6. The lowest BCUT2D eigenvalue weighted by Crippen LogP contribution is -2.38. The molecule has 2 bridgehead atoms. The van der Waals surface area contributed by atoms with Gasteiger partial charge in [-0.05, 0) is 55.3 Å². The average molecular weight is 220 g/mol. The summed E-state index contributed by atoms with van der Waals surface area (Å²) >= 11 is 0. The van der Waals surface area contributed by atoms with Crippen LogP contribution in [0.15, 0.2) is 0 Å². The zero-order chi connectivity index (χ0) is 11.2. The summed E-state index contributed by atoms with van der Waals surface area (Å²) in [6.45, 7) is 8.67. The van der Waals surface area contributed by atoms with Crippen molar-refractivity contribution in [3.05, 3.63) is 0 Å². The quantitative estimate of drug-likeness (QED) is 0.568. The Bertz CT molecular complexity index is 341. The first-order valence-corrected chi connectivity index (χ1v) is 7.16. The molecule has 1 nitrogen and oxygen atoms in total. The minimum Gasteiger partial charge on any atom is -0.369 e. The van der Waals surface area contributed by atoms with Gasteiger partial charge in [0.1, 0.15) is 0 Å². The Balaban J connectivity index is 1.84. The molecule has 0 aromatic carbocycles. The highest BCUT2D eigenvalue weighted by molar-refractivity contribution is 5.24. The third-order valence-electron chi connectivity index (χ3n) is 7.07. The van der Waals surface area contributed by atoms with E-state index < -0.39 is 0 Å². The summed E-state index contributed by atoms with van der Waals surface area (Å²) in [6, 6.07) is 0. The van der Waals surface area contributed by atoms with Crippen molar-refractivity contribution in [1.29, 1.82) is 0 Å². The molecule has 0 radical (unpaired) electrons. The summed E-state index contributed by atoms with van der Waals surface area (Å²) in [4.78, 5) is 0. The van der Waals surface area contributed by atoms with Gasteiger partial charge in [0.05, 0.1) is 12.2 Å². The third kappa shape index (κ3) is 0.836. The van der Waals surface area contributed by atoms with Crippen molar-refractivity contribution in [2.45, 2.75) is 58.5 Å². The average Bonchev–Trinajstić information content (AvgIpc) is 2.89. The minimum absolute atomic E-state index is 0.365. The summed E-state index contributed by atoms with van der Waals surface area (Å²) in [5.41, 5.74) is 1.54. The first kappa shape index (κ1) is 9.94. The molecule has 0 aromatic rings. The van der Waals surface area contributed by atoms with Crippen LogP contribution in [0.25, 0.3) is 0 Å². The van der Waals surface area contributed by atoms with E-state index in [9.17, 15) is 0 Å². The molecule has 1 aliphatic heterocycles. The minimum atomic E-state index is 0.365. The summed E-state index contributed by atoms with van der Waals surface area (Å²) in [5.74, 6) is 2.87. The van der Waals surface area contributed by atoms with E-state index in [1.165, 1.54) is 32.1 Å². The molecule has 0 amide bonds. The third-order valence-corrected chi connectivity index (χ3v) is 7.07. The van der Waals surface area contributed by atoms with Crippen LogP contribution in [0.1, 0.15) is 52.9 Å². The number of fused-ring (bicyclic) bond motifs is 1. The molecule has 4 fully saturated rings. The summed E-state index contributed by atoms with van der Waals surface area (Å²) in [7, 11) is 0. The zero-order valence-corrected chi connectivity index (χ0v) is 10.9. The van der Waals surface area contributed by atoms with E-state index in [0.29, 0.717) is 16.4 Å². The van der Waals surface area contributed by atoms with Gasteiger partial charge in [0, 0.05) is 5.41 Å². The highest BCUT2D eigenvalue weighted by Gasteiger charge is 2.75. The van der Waals surface area contributed by atoms with Gasteiger partial charge in [-0.3, -0.25) is 0 Å². The maximum atomic E-state index is 5.98. The molecule has 3 aliphatic carbocycles. The molecular formula is C15H24O. The normalized spacial score (nSPS) is 61.3. The number of hydrogen-bond donors (Lipinski definition) is 0. The van der Waals surface area contributed by atoms with Crippen LogP contribution in [0.4, 0.5) is 0 Å². The van der Waals surface area contributed by atoms with Crippen molar-refractivity contribution < 1.29 is 4.74 Å². The molecule has 1 heteroatoms. The SMILES string of the molecule is C[C@@H]1CC[C@]23C[C@H]1C(C)(C)[C@@H]2CCC31CO1. The summed E-state index contributed by atoms with van der Waals surface area (Å²) < 4.78 is 5.98. The molecule has 90 valence electrons. The molecule has 0 aromatic heterocycles. The van der Waals surface area contributed by atoms with Gasteiger partial charge in [-0.1, -0.05) is 20.8 Å². The van der Waals surface area contributed by atoms with Gasteiger partial charge in [0.25, 0.3) is 0 Å². The smallest absolute Gasteiger partial charge is 0.0975 e. The van der Waals surface area contributed by atoms with E-state index in [1.807, 2.05) is 0 Å². The number of rotatable bonds is 0. The van der Waals surface area contributed by atoms with Crippen molar-refractivity contribution in [2.75, 3.05) is 6.61 Å². The van der Waals surface area contributed by atoms with Gasteiger partial charge in [-0.25, -0.2) is 0 Å². The predicted molar refractivity (Wildman–Crippen MR) is 64.1 cm³/mol. The van der Waals surface area contributed by atoms with Crippen molar-refractivity contribution in [3.63, 3.8) is 0 Å². The Morgan fingerprint density at radius 3 is 2.56 bits per heavy atom. The summed E-state index contributed by atoms with van der Waals surface area (Å²) in [6.07, 6.45) is 7.19. The van der Waals surface area contributed by atoms with E-state index in [1.54, 1.807) is 0 Å². The van der Waals surface area contributed by atoms with Crippen LogP contribution in [0.3, 0.4) is 0 Å². The molecule has 1 unspecified atom stereocenters. The van der Waals surface area contributed by atoms with Crippen LogP contribution in [0.2, 0.25) is 0 Å². The number of epoxide rings is 1. The fourth-order valence-electron chi connectivity index (χ4n) is 6.19. The Morgan fingerprint density at radius 1 is 1.12 bits per heavy atom. The fraction of sp³-hybridized carbons (Fsp3) is 1.00. The molecule has 3 saturated carbocycles. The van der Waals surface area contributed by atoms with E-state index in [0.717, 1.165) is 24.4 Å². The van der Waals surface area contributed by atoms with Crippen LogP contribution in [0, 0.1) is 28.6 Å². The van der Waals surface area contributed by atoms with Gasteiger partial charge < -0.3 is 4.74 Å². The van der Waals surface area contributed by atoms with Crippen LogP contribution in [0.5, 0.6) is 0 Å².